The zero-order chi connectivity index (χ0) is 27.3. The summed E-state index contributed by atoms with van der Waals surface area (Å²) in [6.45, 7) is 8.51. The van der Waals surface area contributed by atoms with Crippen molar-refractivity contribution in [3.8, 4) is 17.5 Å². The molecule has 4 rings (SSSR count). The minimum atomic E-state index is -0.385. The first-order valence-corrected chi connectivity index (χ1v) is 12.3. The van der Waals surface area contributed by atoms with Crippen LogP contribution in [0.5, 0.6) is 0 Å². The summed E-state index contributed by atoms with van der Waals surface area (Å²) in [5, 5.41) is 15.2. The highest BCUT2D eigenvalue weighted by Gasteiger charge is 2.23. The molecule has 196 valence electrons. The average molecular weight is 514 g/mol. The molecule has 0 saturated carbocycles. The van der Waals surface area contributed by atoms with Crippen molar-refractivity contribution in [3.63, 3.8) is 0 Å². The van der Waals surface area contributed by atoms with Crippen LogP contribution in [0.2, 0.25) is 0 Å². The van der Waals surface area contributed by atoms with Crippen LogP contribution in [0.15, 0.2) is 54.7 Å². The molecule has 1 aliphatic rings. The zero-order valence-electron chi connectivity index (χ0n) is 22.0. The molecule has 38 heavy (non-hydrogen) atoms. The maximum absolute atomic E-state index is 13.2. The van der Waals surface area contributed by atoms with Crippen LogP contribution in [0, 0.1) is 11.5 Å². The summed E-state index contributed by atoms with van der Waals surface area (Å²) in [7, 11) is 1.42. The third-order valence-electron chi connectivity index (χ3n) is 5.88. The number of rotatable bonds is 6. The number of benzene rings is 2. The molecule has 1 aliphatic heterocycles. The molecule has 1 saturated heterocycles. The Morgan fingerprint density at radius 2 is 1.79 bits per heavy atom. The van der Waals surface area contributed by atoms with Crippen LogP contribution >= 0.6 is 0 Å². The summed E-state index contributed by atoms with van der Waals surface area (Å²) in [5.74, 6) is -0.168. The Balaban J connectivity index is 1.58. The second-order valence-corrected chi connectivity index (χ2v) is 9.97. The number of nitrogens with one attached hydrogen (secondary N) is 2. The summed E-state index contributed by atoms with van der Waals surface area (Å²) in [5.41, 5.74) is 3.57. The van der Waals surface area contributed by atoms with Crippen molar-refractivity contribution < 1.29 is 14.3 Å². The van der Waals surface area contributed by atoms with E-state index < -0.39 is 0 Å². The Hall–Kier alpha value is -4.49. The number of carbonyl (C=O) groups is 2. The van der Waals surface area contributed by atoms with Crippen molar-refractivity contribution in [1.82, 2.24) is 20.2 Å². The summed E-state index contributed by atoms with van der Waals surface area (Å²) < 4.78 is 5.48. The predicted octanol–water partition coefficient (Wildman–Crippen LogP) is 3.81. The molecule has 10 heteroatoms. The molecule has 2 amide bonds. The smallest absolute Gasteiger partial charge is 0.266 e. The lowest BCUT2D eigenvalue weighted by molar-refractivity contribution is 0.0857. The van der Waals surface area contributed by atoms with E-state index in [1.165, 1.54) is 7.05 Å². The molecule has 10 nitrogen and oxygen atoms in total. The van der Waals surface area contributed by atoms with Crippen LogP contribution in [-0.2, 0) is 4.74 Å². The van der Waals surface area contributed by atoms with Crippen LogP contribution in [0.3, 0.4) is 0 Å². The molecule has 3 aromatic rings. The molecule has 2 aromatic carbocycles. The number of ether oxygens (including phenoxy) is 1. The largest absolute Gasteiger partial charge is 0.378 e. The van der Waals surface area contributed by atoms with E-state index in [4.69, 9.17) is 10.00 Å². The Morgan fingerprint density at radius 3 is 2.45 bits per heavy atom. The summed E-state index contributed by atoms with van der Waals surface area (Å²) >= 11 is 0. The maximum atomic E-state index is 13.2. The fraction of sp³-hybridized carbons (Fsp3) is 0.321. The topological polar surface area (TPSA) is 123 Å². The first-order chi connectivity index (χ1) is 18.1. The molecule has 2 heterocycles. The molecule has 0 spiro atoms. The van der Waals surface area contributed by atoms with Gasteiger partial charge in [0.2, 0.25) is 5.95 Å². The van der Waals surface area contributed by atoms with E-state index in [0.717, 1.165) is 16.2 Å². The average Bonchev–Trinajstić information content (AvgIpc) is 2.92. The number of amides is 2. The Labute approximate surface area is 222 Å². The summed E-state index contributed by atoms with van der Waals surface area (Å²) in [4.78, 5) is 37.5. The standard InChI is InChI=1S/C28H31N7O3/c1-28(2,3)33-25(36)22-17-21(9-10-24(22)35-13-15-38-16-14-35)31-27-30-12-11-23(32-27)19-5-7-20(8-6-19)26(37)34(4)18-29/h5-12,17H,13-16H2,1-4H3,(H,33,36)(H,30,31,32). The van der Waals surface area contributed by atoms with Gasteiger partial charge in [-0.25, -0.2) is 14.9 Å². The lowest BCUT2D eigenvalue weighted by Crippen LogP contribution is -2.42. The van der Waals surface area contributed by atoms with E-state index in [9.17, 15) is 9.59 Å². The molecular weight excluding hydrogens is 482 g/mol. The lowest BCUT2D eigenvalue weighted by atomic mass is 10.1. The van der Waals surface area contributed by atoms with Gasteiger partial charge in [-0.2, -0.15) is 5.26 Å². The van der Waals surface area contributed by atoms with E-state index in [1.54, 1.807) is 42.7 Å². The molecular formula is C28H31N7O3. The minimum absolute atomic E-state index is 0.158. The van der Waals surface area contributed by atoms with Crippen molar-refractivity contribution in [1.29, 1.82) is 5.26 Å². The highest BCUT2D eigenvalue weighted by molar-refractivity contribution is 6.01. The zero-order valence-corrected chi connectivity index (χ0v) is 22.0. The normalized spacial score (nSPS) is 13.4. The molecule has 0 atom stereocenters. The third kappa shape index (κ3) is 6.44. The molecule has 1 fully saturated rings. The highest BCUT2D eigenvalue weighted by Crippen LogP contribution is 2.28. The number of morpholine rings is 1. The van der Waals surface area contributed by atoms with Gasteiger partial charge in [-0.05, 0) is 57.2 Å². The first-order valence-electron chi connectivity index (χ1n) is 12.3. The molecule has 0 unspecified atom stereocenters. The van der Waals surface area contributed by atoms with Crippen molar-refractivity contribution in [2.75, 3.05) is 43.6 Å². The summed E-state index contributed by atoms with van der Waals surface area (Å²) in [6.07, 6.45) is 3.45. The number of aromatic nitrogens is 2. The maximum Gasteiger partial charge on any atom is 0.266 e. The number of anilines is 3. The van der Waals surface area contributed by atoms with E-state index in [0.29, 0.717) is 54.8 Å². The third-order valence-corrected chi connectivity index (χ3v) is 5.88. The van der Waals surface area contributed by atoms with Gasteiger partial charge in [0.05, 0.1) is 24.5 Å². The lowest BCUT2D eigenvalue weighted by Gasteiger charge is -2.31. The SMILES string of the molecule is CN(C#N)C(=O)c1ccc(-c2ccnc(Nc3ccc(N4CCOCC4)c(C(=O)NC(C)(C)C)c3)n2)cc1. The van der Waals surface area contributed by atoms with Crippen molar-refractivity contribution in [3.05, 3.63) is 65.9 Å². The van der Waals surface area contributed by atoms with Gasteiger partial charge in [-0.3, -0.25) is 9.59 Å². The number of hydrogen-bond donors (Lipinski definition) is 2. The van der Waals surface area contributed by atoms with Gasteiger partial charge in [-0.1, -0.05) is 12.1 Å². The van der Waals surface area contributed by atoms with Crippen molar-refractivity contribution >= 4 is 29.1 Å². The van der Waals surface area contributed by atoms with Crippen LogP contribution in [0.1, 0.15) is 41.5 Å². The Kier molecular flexibility index (Phi) is 7.88. The van der Waals surface area contributed by atoms with Crippen molar-refractivity contribution in [2.24, 2.45) is 0 Å². The van der Waals surface area contributed by atoms with E-state index in [-0.39, 0.29) is 17.4 Å². The number of carbonyl (C=O) groups excluding carboxylic acids is 2. The van der Waals surface area contributed by atoms with E-state index >= 15 is 0 Å². The predicted molar refractivity (Wildman–Crippen MR) is 145 cm³/mol. The number of nitriles is 1. The summed E-state index contributed by atoms with van der Waals surface area (Å²) in [6, 6.07) is 14.3. The Bertz CT molecular complexity index is 1350. The van der Waals surface area contributed by atoms with Crippen LogP contribution in [0.4, 0.5) is 17.3 Å². The molecule has 0 radical (unpaired) electrons. The van der Waals surface area contributed by atoms with Crippen molar-refractivity contribution in [2.45, 2.75) is 26.3 Å². The van der Waals surface area contributed by atoms with Gasteiger partial charge in [0, 0.05) is 54.4 Å². The fourth-order valence-electron chi connectivity index (χ4n) is 4.02. The van der Waals surface area contributed by atoms with Crippen LogP contribution < -0.4 is 15.5 Å². The van der Waals surface area contributed by atoms with Gasteiger partial charge in [0.1, 0.15) is 0 Å². The molecule has 0 aliphatic carbocycles. The van der Waals surface area contributed by atoms with Gasteiger partial charge < -0.3 is 20.3 Å². The second-order valence-electron chi connectivity index (χ2n) is 9.97. The van der Waals surface area contributed by atoms with Gasteiger partial charge in [0.15, 0.2) is 6.19 Å². The van der Waals surface area contributed by atoms with Gasteiger partial charge in [-0.15, -0.1) is 0 Å². The number of nitrogens with zero attached hydrogens (tertiary/aromatic N) is 5. The van der Waals surface area contributed by atoms with Gasteiger partial charge in [0.25, 0.3) is 11.8 Å². The van der Waals surface area contributed by atoms with E-state index in [1.807, 2.05) is 39.0 Å². The molecule has 0 bridgehead atoms. The first kappa shape index (κ1) is 26.6. The molecule has 2 N–H and O–H groups in total. The number of hydrogen-bond acceptors (Lipinski definition) is 8. The minimum Gasteiger partial charge on any atom is -0.378 e. The Morgan fingerprint density at radius 1 is 1.08 bits per heavy atom. The van der Waals surface area contributed by atoms with Gasteiger partial charge >= 0.3 is 0 Å². The quantitative estimate of drug-likeness (QED) is 0.377. The molecule has 1 aromatic heterocycles. The second kappa shape index (κ2) is 11.3. The highest BCUT2D eigenvalue weighted by atomic mass is 16.5. The monoisotopic (exact) mass is 513 g/mol. The fourth-order valence-corrected chi connectivity index (χ4v) is 4.02. The van der Waals surface area contributed by atoms with Crippen LogP contribution in [0.25, 0.3) is 11.3 Å². The van der Waals surface area contributed by atoms with E-state index in [2.05, 4.69) is 25.5 Å². The van der Waals surface area contributed by atoms with Crippen LogP contribution in [-0.4, -0.2) is 65.6 Å².